The van der Waals surface area contributed by atoms with Gasteiger partial charge in [-0.05, 0) is 42.8 Å². The highest BCUT2D eigenvalue weighted by molar-refractivity contribution is 6.30. The lowest BCUT2D eigenvalue weighted by molar-refractivity contribution is 0.406. The third kappa shape index (κ3) is 3.93. The maximum absolute atomic E-state index is 13.2. The SMILES string of the molecule is COc1ccc(Cl)cc1CNC(C)c1ccc(F)c(F)c1. The number of hydrogen-bond acceptors (Lipinski definition) is 2. The zero-order valence-electron chi connectivity index (χ0n) is 11.8. The Morgan fingerprint density at radius 2 is 1.90 bits per heavy atom. The van der Waals surface area contributed by atoms with Gasteiger partial charge < -0.3 is 10.1 Å². The number of rotatable bonds is 5. The first kappa shape index (κ1) is 15.7. The summed E-state index contributed by atoms with van der Waals surface area (Å²) in [5.41, 5.74) is 1.58. The molecule has 0 bridgehead atoms. The van der Waals surface area contributed by atoms with Gasteiger partial charge in [-0.25, -0.2) is 8.78 Å². The molecule has 0 fully saturated rings. The molecule has 0 amide bonds. The second-order valence-electron chi connectivity index (χ2n) is 4.73. The Morgan fingerprint density at radius 1 is 1.14 bits per heavy atom. The van der Waals surface area contributed by atoms with Gasteiger partial charge in [0, 0.05) is 23.2 Å². The number of nitrogens with one attached hydrogen (secondary N) is 1. The van der Waals surface area contributed by atoms with Crippen molar-refractivity contribution in [2.45, 2.75) is 19.5 Å². The van der Waals surface area contributed by atoms with Gasteiger partial charge in [0.1, 0.15) is 5.75 Å². The molecule has 2 aromatic rings. The molecule has 2 rings (SSSR count). The van der Waals surface area contributed by atoms with E-state index in [2.05, 4.69) is 5.32 Å². The predicted octanol–water partition coefficient (Wildman–Crippen LogP) is 4.48. The molecular weight excluding hydrogens is 296 g/mol. The summed E-state index contributed by atoms with van der Waals surface area (Å²) >= 11 is 5.97. The highest BCUT2D eigenvalue weighted by atomic mass is 35.5. The van der Waals surface area contributed by atoms with Crippen molar-refractivity contribution in [1.29, 1.82) is 0 Å². The summed E-state index contributed by atoms with van der Waals surface area (Å²) in [5.74, 6) is -0.965. The maximum Gasteiger partial charge on any atom is 0.159 e. The Kier molecular flexibility index (Phi) is 5.15. The average molecular weight is 312 g/mol. The quantitative estimate of drug-likeness (QED) is 0.879. The van der Waals surface area contributed by atoms with E-state index in [4.69, 9.17) is 16.3 Å². The van der Waals surface area contributed by atoms with Gasteiger partial charge in [0.05, 0.1) is 7.11 Å². The molecule has 0 aliphatic rings. The van der Waals surface area contributed by atoms with Crippen LogP contribution in [-0.2, 0) is 6.54 Å². The van der Waals surface area contributed by atoms with E-state index in [1.165, 1.54) is 6.07 Å². The van der Waals surface area contributed by atoms with Crippen LogP contribution >= 0.6 is 11.6 Å². The fourth-order valence-electron chi connectivity index (χ4n) is 2.05. The number of halogens is 3. The zero-order chi connectivity index (χ0) is 15.4. The van der Waals surface area contributed by atoms with Crippen molar-refractivity contribution in [3.63, 3.8) is 0 Å². The summed E-state index contributed by atoms with van der Waals surface area (Å²) in [6.07, 6.45) is 0. The highest BCUT2D eigenvalue weighted by Gasteiger charge is 2.10. The van der Waals surface area contributed by atoms with Crippen molar-refractivity contribution >= 4 is 11.6 Å². The summed E-state index contributed by atoms with van der Waals surface area (Å²) < 4.78 is 31.4. The molecule has 2 aromatic carbocycles. The molecule has 0 spiro atoms. The Morgan fingerprint density at radius 3 is 2.57 bits per heavy atom. The molecule has 0 saturated heterocycles. The van der Waals surface area contributed by atoms with Crippen molar-refractivity contribution in [3.8, 4) is 5.75 Å². The minimum Gasteiger partial charge on any atom is -0.496 e. The standard InChI is InChI=1S/C16H16ClF2NO/c1-10(11-3-5-14(18)15(19)8-11)20-9-12-7-13(17)4-6-16(12)21-2/h3-8,10,20H,9H2,1-2H3. The Balaban J connectivity index is 2.08. The minimum absolute atomic E-state index is 0.135. The van der Waals surface area contributed by atoms with Gasteiger partial charge in [-0.3, -0.25) is 0 Å². The minimum atomic E-state index is -0.846. The monoisotopic (exact) mass is 311 g/mol. The van der Waals surface area contributed by atoms with E-state index in [9.17, 15) is 8.78 Å². The van der Waals surface area contributed by atoms with Crippen LogP contribution in [0.1, 0.15) is 24.1 Å². The Bertz CT molecular complexity index is 634. The predicted molar refractivity (Wildman–Crippen MR) is 79.6 cm³/mol. The van der Waals surface area contributed by atoms with Gasteiger partial charge in [-0.2, -0.15) is 0 Å². The molecule has 5 heteroatoms. The molecule has 112 valence electrons. The van der Waals surface area contributed by atoms with Crippen LogP contribution in [-0.4, -0.2) is 7.11 Å². The molecule has 1 N–H and O–H groups in total. The highest BCUT2D eigenvalue weighted by Crippen LogP contribution is 2.23. The van der Waals surface area contributed by atoms with E-state index in [1.807, 2.05) is 13.0 Å². The van der Waals surface area contributed by atoms with E-state index in [0.29, 0.717) is 17.1 Å². The summed E-state index contributed by atoms with van der Waals surface area (Å²) in [6.45, 7) is 2.38. The van der Waals surface area contributed by atoms with Crippen molar-refractivity contribution in [2.24, 2.45) is 0 Å². The Labute approximate surface area is 127 Å². The number of ether oxygens (including phenoxy) is 1. The second kappa shape index (κ2) is 6.87. The molecule has 0 aliphatic heterocycles. The number of hydrogen-bond donors (Lipinski definition) is 1. The van der Waals surface area contributed by atoms with Crippen LogP contribution in [0.15, 0.2) is 36.4 Å². The lowest BCUT2D eigenvalue weighted by Crippen LogP contribution is -2.18. The van der Waals surface area contributed by atoms with Crippen LogP contribution in [0.5, 0.6) is 5.75 Å². The Hall–Kier alpha value is -1.65. The van der Waals surface area contributed by atoms with Crippen LogP contribution in [0.3, 0.4) is 0 Å². The van der Waals surface area contributed by atoms with Crippen molar-refractivity contribution in [3.05, 3.63) is 64.2 Å². The van der Waals surface area contributed by atoms with E-state index >= 15 is 0 Å². The topological polar surface area (TPSA) is 21.3 Å². The first-order valence-corrected chi connectivity index (χ1v) is 6.90. The van der Waals surface area contributed by atoms with Crippen molar-refractivity contribution in [1.82, 2.24) is 5.32 Å². The number of methoxy groups -OCH3 is 1. The molecule has 0 aromatic heterocycles. The molecule has 1 unspecified atom stereocenters. The van der Waals surface area contributed by atoms with Crippen molar-refractivity contribution < 1.29 is 13.5 Å². The van der Waals surface area contributed by atoms with Gasteiger partial charge in [-0.15, -0.1) is 0 Å². The van der Waals surface area contributed by atoms with Gasteiger partial charge in [-0.1, -0.05) is 17.7 Å². The third-order valence-electron chi connectivity index (χ3n) is 3.28. The van der Waals surface area contributed by atoms with Crippen LogP contribution in [0.2, 0.25) is 5.02 Å². The van der Waals surface area contributed by atoms with Gasteiger partial charge in [0.2, 0.25) is 0 Å². The van der Waals surface area contributed by atoms with Crippen molar-refractivity contribution in [2.75, 3.05) is 7.11 Å². The third-order valence-corrected chi connectivity index (χ3v) is 3.52. The van der Waals surface area contributed by atoms with Gasteiger partial charge >= 0.3 is 0 Å². The largest absolute Gasteiger partial charge is 0.496 e. The van der Waals surface area contributed by atoms with Crippen LogP contribution in [0, 0.1) is 11.6 Å². The molecular formula is C16H16ClF2NO. The van der Waals surface area contributed by atoms with Crippen LogP contribution in [0.4, 0.5) is 8.78 Å². The van der Waals surface area contributed by atoms with Crippen LogP contribution in [0.25, 0.3) is 0 Å². The lowest BCUT2D eigenvalue weighted by Gasteiger charge is -2.16. The second-order valence-corrected chi connectivity index (χ2v) is 5.17. The molecule has 21 heavy (non-hydrogen) atoms. The van der Waals surface area contributed by atoms with E-state index in [-0.39, 0.29) is 6.04 Å². The van der Waals surface area contributed by atoms with E-state index in [0.717, 1.165) is 17.4 Å². The average Bonchev–Trinajstić information content (AvgIpc) is 2.47. The number of benzene rings is 2. The smallest absolute Gasteiger partial charge is 0.159 e. The van der Waals surface area contributed by atoms with E-state index in [1.54, 1.807) is 25.3 Å². The summed E-state index contributed by atoms with van der Waals surface area (Å²) in [4.78, 5) is 0. The fourth-order valence-corrected chi connectivity index (χ4v) is 2.24. The van der Waals surface area contributed by atoms with Crippen LogP contribution < -0.4 is 10.1 Å². The fraction of sp³-hybridized carbons (Fsp3) is 0.250. The molecule has 0 saturated carbocycles. The summed E-state index contributed by atoms with van der Waals surface area (Å²) in [5, 5.41) is 3.85. The van der Waals surface area contributed by atoms with Gasteiger partial charge in [0.25, 0.3) is 0 Å². The summed E-state index contributed by atoms with van der Waals surface area (Å²) in [7, 11) is 1.59. The molecule has 0 radical (unpaired) electrons. The van der Waals surface area contributed by atoms with Gasteiger partial charge in [0.15, 0.2) is 11.6 Å². The maximum atomic E-state index is 13.2. The first-order valence-electron chi connectivity index (χ1n) is 6.52. The van der Waals surface area contributed by atoms with E-state index < -0.39 is 11.6 Å². The lowest BCUT2D eigenvalue weighted by atomic mass is 10.1. The normalized spacial score (nSPS) is 12.2. The molecule has 0 aliphatic carbocycles. The zero-order valence-corrected chi connectivity index (χ0v) is 12.5. The summed E-state index contributed by atoms with van der Waals surface area (Å²) in [6, 6.07) is 9.11. The first-order chi connectivity index (χ1) is 10.0. The molecule has 2 nitrogen and oxygen atoms in total. The molecule has 0 heterocycles. The molecule has 1 atom stereocenters.